The number of nitrogens with zero attached hydrogens (tertiary/aromatic N) is 1. The van der Waals surface area contributed by atoms with Crippen LogP contribution >= 0.6 is 0 Å². The fourth-order valence-electron chi connectivity index (χ4n) is 2.40. The van der Waals surface area contributed by atoms with Crippen molar-refractivity contribution < 1.29 is 4.74 Å². The molecule has 0 aromatic heterocycles. The summed E-state index contributed by atoms with van der Waals surface area (Å²) >= 11 is 0. The molecular formula is C15H20N2O. The van der Waals surface area contributed by atoms with Crippen LogP contribution in [0.15, 0.2) is 18.2 Å². The predicted molar refractivity (Wildman–Crippen MR) is 72.2 cm³/mol. The molecular weight excluding hydrogens is 224 g/mol. The van der Waals surface area contributed by atoms with Crippen LogP contribution in [0.4, 0.5) is 5.69 Å². The average Bonchev–Trinajstić information content (AvgIpc) is 2.32. The monoisotopic (exact) mass is 244 g/mol. The number of hydrogen-bond donors (Lipinski definition) is 1. The number of nitriles is 1. The largest absolute Gasteiger partial charge is 0.490 e. The third kappa shape index (κ3) is 2.95. The van der Waals surface area contributed by atoms with Gasteiger partial charge in [0, 0.05) is 6.07 Å². The van der Waals surface area contributed by atoms with Crippen LogP contribution in [-0.2, 0) is 0 Å². The fraction of sp³-hybridized carbons (Fsp3) is 0.533. The molecule has 3 nitrogen and oxygen atoms in total. The maximum atomic E-state index is 8.82. The minimum atomic E-state index is 0.283. The maximum absolute atomic E-state index is 8.82. The van der Waals surface area contributed by atoms with E-state index in [9.17, 15) is 0 Å². The van der Waals surface area contributed by atoms with Gasteiger partial charge in [0.15, 0.2) is 0 Å². The number of anilines is 1. The Labute approximate surface area is 109 Å². The van der Waals surface area contributed by atoms with Gasteiger partial charge < -0.3 is 10.5 Å². The summed E-state index contributed by atoms with van der Waals surface area (Å²) in [6.07, 6.45) is 4.86. The maximum Gasteiger partial charge on any atom is 0.121 e. The Kier molecular flexibility index (Phi) is 3.47. The molecule has 1 aliphatic carbocycles. The normalized spacial score (nSPS) is 19.2. The van der Waals surface area contributed by atoms with E-state index in [2.05, 4.69) is 19.9 Å². The van der Waals surface area contributed by atoms with E-state index in [1.807, 2.05) is 6.07 Å². The minimum absolute atomic E-state index is 0.283. The number of rotatable bonds is 2. The first-order valence-corrected chi connectivity index (χ1v) is 6.46. The van der Waals surface area contributed by atoms with E-state index in [-0.39, 0.29) is 6.10 Å². The minimum Gasteiger partial charge on any atom is -0.490 e. The van der Waals surface area contributed by atoms with Crippen LogP contribution < -0.4 is 10.5 Å². The highest BCUT2D eigenvalue weighted by Gasteiger charge is 2.27. The molecule has 1 aromatic carbocycles. The van der Waals surface area contributed by atoms with Gasteiger partial charge >= 0.3 is 0 Å². The molecule has 1 saturated carbocycles. The Bertz CT molecular complexity index is 464. The van der Waals surface area contributed by atoms with Gasteiger partial charge in [0.25, 0.3) is 0 Å². The van der Waals surface area contributed by atoms with Crippen LogP contribution in [-0.4, -0.2) is 6.10 Å². The first kappa shape index (κ1) is 12.8. The molecule has 0 spiro atoms. The molecule has 0 atom stereocenters. The van der Waals surface area contributed by atoms with E-state index in [1.54, 1.807) is 12.1 Å². The summed E-state index contributed by atoms with van der Waals surface area (Å²) in [4.78, 5) is 0. The van der Waals surface area contributed by atoms with E-state index in [0.29, 0.717) is 16.7 Å². The summed E-state index contributed by atoms with van der Waals surface area (Å²) in [5.74, 6) is 0.774. The van der Waals surface area contributed by atoms with Crippen molar-refractivity contribution in [2.45, 2.75) is 45.6 Å². The lowest BCUT2D eigenvalue weighted by molar-refractivity contribution is 0.0988. The van der Waals surface area contributed by atoms with Crippen molar-refractivity contribution in [3.63, 3.8) is 0 Å². The van der Waals surface area contributed by atoms with Gasteiger partial charge in [0.05, 0.1) is 17.4 Å². The topological polar surface area (TPSA) is 59.0 Å². The lowest BCUT2D eigenvalue weighted by Gasteiger charge is -2.34. The van der Waals surface area contributed by atoms with Crippen LogP contribution in [0, 0.1) is 16.7 Å². The highest BCUT2D eigenvalue weighted by atomic mass is 16.5. The van der Waals surface area contributed by atoms with Crippen molar-refractivity contribution in [3.05, 3.63) is 23.8 Å². The molecule has 0 unspecified atom stereocenters. The Morgan fingerprint density at radius 3 is 2.56 bits per heavy atom. The molecule has 18 heavy (non-hydrogen) atoms. The predicted octanol–water partition coefficient (Wildman–Crippen LogP) is 3.49. The van der Waals surface area contributed by atoms with Gasteiger partial charge in [0.2, 0.25) is 0 Å². The number of benzene rings is 1. The summed E-state index contributed by atoms with van der Waals surface area (Å²) in [5.41, 5.74) is 7.22. The van der Waals surface area contributed by atoms with E-state index in [1.165, 1.54) is 12.8 Å². The van der Waals surface area contributed by atoms with Gasteiger partial charge in [-0.2, -0.15) is 5.26 Å². The van der Waals surface area contributed by atoms with Gasteiger partial charge in [-0.1, -0.05) is 13.8 Å². The standard InChI is InChI=1S/C15H20N2O/c1-15(2)7-5-12(6-8-15)18-13-4-3-11(10-16)14(17)9-13/h3-4,9,12H,5-8,17H2,1-2H3. The Morgan fingerprint density at radius 1 is 1.33 bits per heavy atom. The number of nitrogens with two attached hydrogens (primary N) is 1. The highest BCUT2D eigenvalue weighted by molar-refractivity contribution is 5.57. The molecule has 0 bridgehead atoms. The lowest BCUT2D eigenvalue weighted by atomic mass is 9.76. The van der Waals surface area contributed by atoms with E-state index >= 15 is 0 Å². The summed E-state index contributed by atoms with van der Waals surface area (Å²) < 4.78 is 5.94. The van der Waals surface area contributed by atoms with Gasteiger partial charge in [-0.05, 0) is 43.2 Å². The quantitative estimate of drug-likeness (QED) is 0.810. The smallest absolute Gasteiger partial charge is 0.121 e. The Balaban J connectivity index is 1.99. The van der Waals surface area contributed by atoms with Crippen LogP contribution in [0.2, 0.25) is 0 Å². The van der Waals surface area contributed by atoms with Gasteiger partial charge in [-0.15, -0.1) is 0 Å². The summed E-state index contributed by atoms with van der Waals surface area (Å²) in [6.45, 7) is 4.62. The molecule has 0 saturated heterocycles. The second-order valence-corrected chi connectivity index (χ2v) is 5.84. The van der Waals surface area contributed by atoms with Crippen molar-refractivity contribution >= 4 is 5.69 Å². The molecule has 0 radical (unpaired) electrons. The van der Waals surface area contributed by atoms with Crippen LogP contribution in [0.25, 0.3) is 0 Å². The number of ether oxygens (including phenoxy) is 1. The second-order valence-electron chi connectivity index (χ2n) is 5.84. The van der Waals surface area contributed by atoms with Crippen LogP contribution in [0.1, 0.15) is 45.1 Å². The molecule has 1 aliphatic rings. The highest BCUT2D eigenvalue weighted by Crippen LogP contribution is 2.36. The molecule has 2 rings (SSSR count). The van der Waals surface area contributed by atoms with Crippen molar-refractivity contribution in [3.8, 4) is 11.8 Å². The zero-order valence-corrected chi connectivity index (χ0v) is 11.1. The van der Waals surface area contributed by atoms with Crippen molar-refractivity contribution in [1.82, 2.24) is 0 Å². The van der Waals surface area contributed by atoms with Crippen molar-refractivity contribution in [1.29, 1.82) is 5.26 Å². The first-order chi connectivity index (χ1) is 8.50. The second kappa shape index (κ2) is 4.89. The summed E-state index contributed by atoms with van der Waals surface area (Å²) in [5, 5.41) is 8.82. The van der Waals surface area contributed by atoms with Crippen LogP contribution in [0.5, 0.6) is 5.75 Å². The third-order valence-corrected chi connectivity index (χ3v) is 3.73. The van der Waals surface area contributed by atoms with E-state index < -0.39 is 0 Å². The molecule has 0 heterocycles. The van der Waals surface area contributed by atoms with Gasteiger partial charge in [-0.25, -0.2) is 0 Å². The molecule has 96 valence electrons. The van der Waals surface area contributed by atoms with Crippen LogP contribution in [0.3, 0.4) is 0 Å². The lowest BCUT2D eigenvalue weighted by Crippen LogP contribution is -2.28. The van der Waals surface area contributed by atoms with E-state index in [4.69, 9.17) is 15.7 Å². The number of nitrogen functional groups attached to an aromatic ring is 1. The summed E-state index contributed by atoms with van der Waals surface area (Å²) in [6, 6.07) is 7.35. The van der Waals surface area contributed by atoms with E-state index in [0.717, 1.165) is 18.6 Å². The SMILES string of the molecule is CC1(C)CCC(Oc2ccc(C#N)c(N)c2)CC1. The zero-order valence-electron chi connectivity index (χ0n) is 11.1. The number of hydrogen-bond acceptors (Lipinski definition) is 3. The molecule has 0 aliphatic heterocycles. The Hall–Kier alpha value is -1.69. The van der Waals surface area contributed by atoms with Crippen molar-refractivity contribution in [2.24, 2.45) is 5.41 Å². The molecule has 0 amide bonds. The van der Waals surface area contributed by atoms with Crippen molar-refractivity contribution in [2.75, 3.05) is 5.73 Å². The zero-order chi connectivity index (χ0) is 13.2. The van der Waals surface area contributed by atoms with Gasteiger partial charge in [-0.3, -0.25) is 0 Å². The third-order valence-electron chi connectivity index (χ3n) is 3.73. The molecule has 3 heteroatoms. The molecule has 2 N–H and O–H groups in total. The fourth-order valence-corrected chi connectivity index (χ4v) is 2.40. The average molecular weight is 244 g/mol. The first-order valence-electron chi connectivity index (χ1n) is 6.46. The molecule has 1 aromatic rings. The molecule has 1 fully saturated rings. The van der Waals surface area contributed by atoms with Gasteiger partial charge in [0.1, 0.15) is 11.8 Å². The Morgan fingerprint density at radius 2 is 2.00 bits per heavy atom. The summed E-state index contributed by atoms with van der Waals surface area (Å²) in [7, 11) is 0.